The van der Waals surface area contributed by atoms with Crippen molar-refractivity contribution in [3.63, 3.8) is 0 Å². The average molecular weight is 455 g/mol. The van der Waals surface area contributed by atoms with Crippen molar-refractivity contribution in [2.45, 2.75) is 41.8 Å². The van der Waals surface area contributed by atoms with E-state index >= 15 is 0 Å². The summed E-state index contributed by atoms with van der Waals surface area (Å²) in [7, 11) is 0. The van der Waals surface area contributed by atoms with E-state index in [2.05, 4.69) is 61.2 Å². The summed E-state index contributed by atoms with van der Waals surface area (Å²) in [5, 5.41) is 4.85. The van der Waals surface area contributed by atoms with E-state index in [-0.39, 0.29) is 0 Å². The average Bonchev–Trinajstić information content (AvgIpc) is 2.75. The zero-order chi connectivity index (χ0) is 19.5. The summed E-state index contributed by atoms with van der Waals surface area (Å²) >= 11 is 5.65. The Kier molecular flexibility index (Phi) is 6.28. The number of pyridine rings is 1. The number of rotatable bonds is 5. The molecule has 0 saturated carbocycles. The van der Waals surface area contributed by atoms with Crippen molar-refractivity contribution < 1.29 is 0 Å². The monoisotopic (exact) mass is 454 g/mol. The second-order valence-corrected chi connectivity index (χ2v) is 14.6. The number of halogens is 1. The van der Waals surface area contributed by atoms with Gasteiger partial charge in [0.15, 0.2) is 0 Å². The molecule has 0 bridgehead atoms. The van der Waals surface area contributed by atoms with Crippen LogP contribution < -0.4 is 4.90 Å². The molecule has 0 N–H and O–H groups in total. The number of hydrogen-bond donors (Lipinski definition) is 0. The third-order valence-electron chi connectivity index (χ3n) is 5.95. The van der Waals surface area contributed by atoms with Gasteiger partial charge in [0.05, 0.1) is 0 Å². The van der Waals surface area contributed by atoms with E-state index in [1.807, 2.05) is 12.1 Å². The second kappa shape index (κ2) is 8.89. The first-order chi connectivity index (χ1) is 13.7. The first kappa shape index (κ1) is 19.8. The maximum absolute atomic E-state index is 6.29. The van der Waals surface area contributed by atoms with Crippen LogP contribution in [0.2, 0.25) is 20.1 Å². The van der Waals surface area contributed by atoms with Gasteiger partial charge in [-0.25, -0.2) is 0 Å². The van der Waals surface area contributed by atoms with Gasteiger partial charge < -0.3 is 0 Å². The zero-order valence-electron chi connectivity index (χ0n) is 16.7. The van der Waals surface area contributed by atoms with Gasteiger partial charge in [0.25, 0.3) is 0 Å². The van der Waals surface area contributed by atoms with Crippen LogP contribution in [-0.4, -0.2) is 32.7 Å². The minimum atomic E-state index is -0.638. The van der Waals surface area contributed by atoms with Gasteiger partial charge in [-0.05, 0) is 0 Å². The third kappa shape index (κ3) is 4.09. The van der Waals surface area contributed by atoms with Gasteiger partial charge in [-0.15, -0.1) is 0 Å². The van der Waals surface area contributed by atoms with Gasteiger partial charge in [0, 0.05) is 0 Å². The molecule has 0 spiro atoms. The molecule has 2 heterocycles. The Balaban J connectivity index is 1.70. The van der Waals surface area contributed by atoms with Crippen molar-refractivity contribution in [1.29, 1.82) is 0 Å². The Morgan fingerprint density at radius 3 is 2.39 bits per heavy atom. The first-order valence-electron chi connectivity index (χ1n) is 10.3. The molecule has 0 radical (unpaired) electrons. The van der Waals surface area contributed by atoms with Gasteiger partial charge in [0.2, 0.25) is 0 Å². The SMILES string of the molecule is CC[As](CC)C1CCN(c2cc(-c3ccccc3)nc3cc(Cl)ccc23)CC1. The molecule has 3 aromatic rings. The molecule has 146 valence electrons. The van der Waals surface area contributed by atoms with Crippen molar-refractivity contribution in [3.8, 4) is 11.3 Å². The molecule has 1 saturated heterocycles. The quantitative estimate of drug-likeness (QED) is 0.384. The molecule has 28 heavy (non-hydrogen) atoms. The summed E-state index contributed by atoms with van der Waals surface area (Å²) < 4.78 is 1.01. The van der Waals surface area contributed by atoms with Crippen LogP contribution >= 0.6 is 11.6 Å². The van der Waals surface area contributed by atoms with Crippen molar-refractivity contribution in [3.05, 3.63) is 59.6 Å². The van der Waals surface area contributed by atoms with E-state index in [4.69, 9.17) is 16.6 Å². The van der Waals surface area contributed by atoms with Gasteiger partial charge in [0.1, 0.15) is 0 Å². The number of anilines is 1. The standard InChI is InChI=1S/C24H28AsClN2/c1-3-25(4-2)19-12-14-28(15-13-19)24-17-22(18-8-6-5-7-9-18)27-23-16-20(26)10-11-21(23)24/h5-11,16-17,19H,3-4,12-15H2,1-2H3. The topological polar surface area (TPSA) is 16.1 Å². The molecule has 0 aliphatic carbocycles. The fourth-order valence-corrected chi connectivity index (χ4v) is 9.70. The molecule has 4 heteroatoms. The molecule has 1 aliphatic heterocycles. The van der Waals surface area contributed by atoms with Gasteiger partial charge in [-0.1, -0.05) is 0 Å². The summed E-state index contributed by atoms with van der Waals surface area (Å²) in [6.07, 6.45) is 2.69. The second-order valence-electron chi connectivity index (χ2n) is 7.49. The van der Waals surface area contributed by atoms with Crippen LogP contribution in [0.15, 0.2) is 54.6 Å². The summed E-state index contributed by atoms with van der Waals surface area (Å²) in [6.45, 7) is 7.13. The molecule has 1 aliphatic rings. The molecule has 2 nitrogen and oxygen atoms in total. The predicted molar refractivity (Wildman–Crippen MR) is 124 cm³/mol. The minimum absolute atomic E-state index is 0.638. The molecule has 2 aromatic carbocycles. The van der Waals surface area contributed by atoms with Gasteiger partial charge >= 0.3 is 179 Å². The Hall–Kier alpha value is -1.50. The van der Waals surface area contributed by atoms with Crippen molar-refractivity contribution >= 4 is 42.8 Å². The molecule has 0 amide bonds. The van der Waals surface area contributed by atoms with Crippen LogP contribution in [0.5, 0.6) is 0 Å². The summed E-state index contributed by atoms with van der Waals surface area (Å²) in [5.74, 6) is 0. The molecular formula is C24H28AsClN2. The molecule has 4 rings (SSSR count). The predicted octanol–water partition coefficient (Wildman–Crippen LogP) is 7.06. The van der Waals surface area contributed by atoms with Crippen LogP contribution in [0.4, 0.5) is 5.69 Å². The Morgan fingerprint density at radius 1 is 1.00 bits per heavy atom. The first-order valence-corrected chi connectivity index (χ1v) is 14.5. The normalized spacial score (nSPS) is 15.5. The van der Waals surface area contributed by atoms with E-state index in [0.29, 0.717) is 0 Å². The van der Waals surface area contributed by atoms with Crippen molar-refractivity contribution in [2.24, 2.45) is 0 Å². The van der Waals surface area contributed by atoms with E-state index in [1.54, 1.807) is 0 Å². The van der Waals surface area contributed by atoms with E-state index < -0.39 is 14.7 Å². The van der Waals surface area contributed by atoms with Crippen LogP contribution in [0, 0.1) is 0 Å². The van der Waals surface area contributed by atoms with Crippen LogP contribution in [0.1, 0.15) is 26.7 Å². The number of aromatic nitrogens is 1. The fraction of sp³-hybridized carbons (Fsp3) is 0.375. The molecule has 1 aromatic heterocycles. The van der Waals surface area contributed by atoms with Crippen molar-refractivity contribution in [1.82, 2.24) is 4.98 Å². The Morgan fingerprint density at radius 2 is 1.71 bits per heavy atom. The number of nitrogens with zero attached hydrogens (tertiary/aromatic N) is 2. The van der Waals surface area contributed by atoms with Crippen LogP contribution in [0.3, 0.4) is 0 Å². The van der Waals surface area contributed by atoms with Gasteiger partial charge in [-0.2, -0.15) is 0 Å². The number of piperidine rings is 1. The molecule has 1 fully saturated rings. The Bertz CT molecular complexity index is 932. The Labute approximate surface area is 178 Å². The van der Waals surface area contributed by atoms with E-state index in [9.17, 15) is 0 Å². The summed E-state index contributed by atoms with van der Waals surface area (Å²) in [4.78, 5) is 7.51. The third-order valence-corrected chi connectivity index (χ3v) is 12.8. The number of hydrogen-bond acceptors (Lipinski definition) is 2. The van der Waals surface area contributed by atoms with Crippen LogP contribution in [0.25, 0.3) is 22.2 Å². The van der Waals surface area contributed by atoms with Crippen molar-refractivity contribution in [2.75, 3.05) is 18.0 Å². The number of fused-ring (bicyclic) bond motifs is 1. The van der Waals surface area contributed by atoms with Crippen LogP contribution in [-0.2, 0) is 0 Å². The zero-order valence-corrected chi connectivity index (χ0v) is 19.4. The molecule has 0 atom stereocenters. The van der Waals surface area contributed by atoms with Gasteiger partial charge in [-0.3, -0.25) is 0 Å². The maximum atomic E-state index is 6.29. The fourth-order valence-electron chi connectivity index (χ4n) is 4.41. The van der Waals surface area contributed by atoms with E-state index in [0.717, 1.165) is 39.6 Å². The summed E-state index contributed by atoms with van der Waals surface area (Å²) in [6, 6.07) is 18.9. The molecule has 0 unspecified atom stereocenters. The summed E-state index contributed by atoms with van der Waals surface area (Å²) in [5.41, 5.74) is 4.49. The molecular weight excluding hydrogens is 427 g/mol. The number of benzene rings is 2. The van der Waals surface area contributed by atoms with E-state index in [1.165, 1.54) is 34.3 Å².